The van der Waals surface area contributed by atoms with Crippen molar-refractivity contribution >= 4 is 47.5 Å². The molecule has 1 heterocycles. The lowest BCUT2D eigenvalue weighted by molar-refractivity contribution is -0.197. The van der Waals surface area contributed by atoms with Crippen LogP contribution in [0.15, 0.2) is 24.3 Å². The number of hydrogen-bond acceptors (Lipinski definition) is 9. The van der Waals surface area contributed by atoms with Crippen molar-refractivity contribution in [1.29, 1.82) is 0 Å². The van der Waals surface area contributed by atoms with Crippen molar-refractivity contribution in [3.8, 4) is 0 Å². The Bertz CT molecular complexity index is 846. The number of hydrogen-bond donors (Lipinski definition) is 5. The summed E-state index contributed by atoms with van der Waals surface area (Å²) in [6.07, 6.45) is 2.50. The number of aliphatic carboxylic acids is 3. The third kappa shape index (κ3) is 15.0. The molecular formula is C18H21N3O12. The Morgan fingerprint density at radius 1 is 0.758 bits per heavy atom. The van der Waals surface area contributed by atoms with Crippen LogP contribution in [0.25, 0.3) is 0 Å². The van der Waals surface area contributed by atoms with Gasteiger partial charge in [-0.25, -0.2) is 14.4 Å². The highest BCUT2D eigenvalue weighted by Crippen LogP contribution is 2.12. The van der Waals surface area contributed by atoms with E-state index in [0.717, 1.165) is 12.2 Å². The maximum atomic E-state index is 11.3. The van der Waals surface area contributed by atoms with Gasteiger partial charge in [-0.15, -0.1) is 5.06 Å². The fourth-order valence-corrected chi connectivity index (χ4v) is 1.80. The fraction of sp³-hybridized carbons (Fsp3) is 0.333. The van der Waals surface area contributed by atoms with Gasteiger partial charge in [-0.05, 0) is 0 Å². The van der Waals surface area contributed by atoms with Crippen LogP contribution in [0.4, 0.5) is 0 Å². The van der Waals surface area contributed by atoms with Gasteiger partial charge in [-0.2, -0.15) is 0 Å². The first kappa shape index (κ1) is 28.4. The number of carboxylic acid groups (broad SMARTS) is 3. The van der Waals surface area contributed by atoms with E-state index in [9.17, 15) is 38.4 Å². The van der Waals surface area contributed by atoms with E-state index in [-0.39, 0.29) is 38.8 Å². The summed E-state index contributed by atoms with van der Waals surface area (Å²) in [5.41, 5.74) is 0. The number of imide groups is 1. The first-order chi connectivity index (χ1) is 15.4. The molecule has 33 heavy (non-hydrogen) atoms. The number of hydroxylamine groups is 2. The van der Waals surface area contributed by atoms with Gasteiger partial charge < -0.3 is 30.8 Å². The lowest BCUT2D eigenvalue weighted by Crippen LogP contribution is -2.33. The van der Waals surface area contributed by atoms with Crippen LogP contribution < -0.4 is 10.6 Å². The minimum Gasteiger partial charge on any atom is -0.481 e. The molecule has 0 aromatic rings. The smallest absolute Gasteiger partial charge is 0.334 e. The second kappa shape index (κ2) is 15.3. The van der Waals surface area contributed by atoms with E-state index in [4.69, 9.17) is 15.3 Å². The summed E-state index contributed by atoms with van der Waals surface area (Å²) in [4.78, 5) is 89.9. The summed E-state index contributed by atoms with van der Waals surface area (Å²) in [6.45, 7) is -0.129. The normalized spacial score (nSPS) is 12.8. The first-order valence-corrected chi connectivity index (χ1v) is 9.08. The molecule has 0 spiro atoms. The van der Waals surface area contributed by atoms with Gasteiger partial charge in [0.15, 0.2) is 0 Å². The van der Waals surface area contributed by atoms with E-state index in [1.54, 1.807) is 0 Å². The van der Waals surface area contributed by atoms with E-state index in [1.807, 2.05) is 0 Å². The Morgan fingerprint density at radius 2 is 1.18 bits per heavy atom. The third-order valence-corrected chi connectivity index (χ3v) is 3.22. The minimum atomic E-state index is -1.27. The molecule has 0 unspecified atom stereocenters. The van der Waals surface area contributed by atoms with Crippen LogP contribution in [0.3, 0.4) is 0 Å². The lowest BCUT2D eigenvalue weighted by Gasteiger charge is -2.12. The molecule has 1 fully saturated rings. The molecule has 1 aliphatic heterocycles. The maximum Gasteiger partial charge on any atom is 0.334 e. The molecule has 0 aromatic carbocycles. The van der Waals surface area contributed by atoms with Gasteiger partial charge in [-0.3, -0.25) is 24.0 Å². The summed E-state index contributed by atoms with van der Waals surface area (Å²) in [5, 5.41) is 29.4. The summed E-state index contributed by atoms with van der Waals surface area (Å²) in [5.74, 6) is -6.86. The van der Waals surface area contributed by atoms with Crippen molar-refractivity contribution in [2.75, 3.05) is 13.1 Å². The molecule has 0 saturated carbocycles. The van der Waals surface area contributed by atoms with Crippen molar-refractivity contribution in [1.82, 2.24) is 15.7 Å². The standard InChI is InChI=1S/C11H12N2O7.C7H9NO5/c14-7(1-4-10(17)18)12-6-5-11(19)20-13-8(15)2-3-9(13)16;9-5(1-2-6(10)11)8-4-3-7(12)13/h1,4H,2-3,5-6H2,(H,12,14)(H,17,18);1-2H,3-4H2,(H,8,9)(H,10,11)(H,12,13)/b4-1-;2-1-. The van der Waals surface area contributed by atoms with E-state index in [2.05, 4.69) is 15.5 Å². The summed E-state index contributed by atoms with van der Waals surface area (Å²) < 4.78 is 0. The predicted molar refractivity (Wildman–Crippen MR) is 104 cm³/mol. The number of carbonyl (C=O) groups is 8. The lowest BCUT2D eigenvalue weighted by atomic mass is 10.4. The van der Waals surface area contributed by atoms with E-state index < -0.39 is 47.5 Å². The van der Waals surface area contributed by atoms with Gasteiger partial charge in [0, 0.05) is 50.2 Å². The molecular weight excluding hydrogens is 450 g/mol. The number of carbonyl (C=O) groups excluding carboxylic acids is 5. The van der Waals surface area contributed by atoms with Crippen molar-refractivity contribution in [2.45, 2.75) is 25.7 Å². The Balaban J connectivity index is 0.000000684. The number of amides is 4. The van der Waals surface area contributed by atoms with Gasteiger partial charge >= 0.3 is 23.9 Å². The SMILES string of the molecule is O=C(O)/C=C\C(=O)NCCC(=O)O.O=C(O)/C=C\C(=O)NCCC(=O)ON1C(=O)CCC1=O. The van der Waals surface area contributed by atoms with Gasteiger partial charge in [0.05, 0.1) is 12.8 Å². The van der Waals surface area contributed by atoms with Crippen molar-refractivity contribution in [3.63, 3.8) is 0 Å². The predicted octanol–water partition coefficient (Wildman–Crippen LogP) is -2.04. The molecule has 1 aliphatic rings. The molecule has 0 atom stereocenters. The zero-order valence-corrected chi connectivity index (χ0v) is 17.0. The molecule has 0 bridgehead atoms. The molecule has 1 saturated heterocycles. The summed E-state index contributed by atoms with van der Waals surface area (Å²) in [7, 11) is 0. The molecule has 0 aromatic heterocycles. The van der Waals surface area contributed by atoms with Crippen LogP contribution in [0.1, 0.15) is 25.7 Å². The van der Waals surface area contributed by atoms with Crippen molar-refractivity contribution in [3.05, 3.63) is 24.3 Å². The highest BCUT2D eigenvalue weighted by molar-refractivity contribution is 6.01. The Labute approximate surface area is 185 Å². The number of nitrogens with one attached hydrogen (secondary N) is 2. The molecule has 0 aliphatic carbocycles. The highest BCUT2D eigenvalue weighted by atomic mass is 16.7. The van der Waals surface area contributed by atoms with Gasteiger partial charge in [-0.1, -0.05) is 0 Å². The molecule has 4 amide bonds. The quantitative estimate of drug-likeness (QED) is 0.162. The first-order valence-electron chi connectivity index (χ1n) is 9.08. The highest BCUT2D eigenvalue weighted by Gasteiger charge is 2.32. The number of rotatable bonds is 11. The Kier molecular flexibility index (Phi) is 13.2. The van der Waals surface area contributed by atoms with Crippen LogP contribution in [0.2, 0.25) is 0 Å². The van der Waals surface area contributed by atoms with Gasteiger partial charge in [0.1, 0.15) is 0 Å². The second-order valence-electron chi connectivity index (χ2n) is 5.86. The molecule has 15 heteroatoms. The second-order valence-corrected chi connectivity index (χ2v) is 5.86. The zero-order chi connectivity index (χ0) is 25.4. The number of carboxylic acids is 3. The topological polar surface area (TPSA) is 234 Å². The van der Waals surface area contributed by atoms with Crippen molar-refractivity contribution < 1.29 is 58.5 Å². The monoisotopic (exact) mass is 471 g/mol. The van der Waals surface area contributed by atoms with Gasteiger partial charge in [0.2, 0.25) is 11.8 Å². The average molecular weight is 471 g/mol. The Hall–Kier alpha value is -4.56. The van der Waals surface area contributed by atoms with E-state index >= 15 is 0 Å². The van der Waals surface area contributed by atoms with E-state index in [0.29, 0.717) is 17.2 Å². The summed E-state index contributed by atoms with van der Waals surface area (Å²) >= 11 is 0. The fourth-order valence-electron chi connectivity index (χ4n) is 1.80. The largest absolute Gasteiger partial charge is 0.481 e. The van der Waals surface area contributed by atoms with Crippen LogP contribution in [-0.4, -0.2) is 81.0 Å². The molecule has 5 N–H and O–H groups in total. The molecule has 0 radical (unpaired) electrons. The molecule has 180 valence electrons. The minimum absolute atomic E-state index is 0.00281. The van der Waals surface area contributed by atoms with E-state index in [1.165, 1.54) is 0 Å². The maximum absolute atomic E-state index is 11.3. The molecule has 1 rings (SSSR count). The number of nitrogens with zero attached hydrogens (tertiary/aromatic N) is 1. The van der Waals surface area contributed by atoms with Crippen LogP contribution in [0, 0.1) is 0 Å². The van der Waals surface area contributed by atoms with Crippen molar-refractivity contribution in [2.24, 2.45) is 0 Å². The molecule has 15 nitrogen and oxygen atoms in total. The Morgan fingerprint density at radius 3 is 1.58 bits per heavy atom. The third-order valence-electron chi connectivity index (χ3n) is 3.22. The van der Waals surface area contributed by atoms with Crippen LogP contribution in [0.5, 0.6) is 0 Å². The van der Waals surface area contributed by atoms with Gasteiger partial charge in [0.25, 0.3) is 11.8 Å². The average Bonchev–Trinajstić information content (AvgIpc) is 3.03. The van der Waals surface area contributed by atoms with Crippen LogP contribution in [-0.2, 0) is 43.2 Å². The van der Waals surface area contributed by atoms with Crippen LogP contribution >= 0.6 is 0 Å². The zero-order valence-electron chi connectivity index (χ0n) is 17.0. The summed E-state index contributed by atoms with van der Waals surface area (Å²) in [6, 6.07) is 0.